The van der Waals surface area contributed by atoms with Crippen LogP contribution in [0.25, 0.3) is 0 Å². The van der Waals surface area contributed by atoms with Gasteiger partial charge in [0.2, 0.25) is 5.91 Å². The van der Waals surface area contributed by atoms with Gasteiger partial charge in [-0.3, -0.25) is 4.79 Å². The molecular weight excluding hydrogens is 284 g/mol. The lowest BCUT2D eigenvalue weighted by molar-refractivity contribution is -0.127. The maximum absolute atomic E-state index is 12.5. The number of anilines is 1. The second-order valence-electron chi connectivity index (χ2n) is 6.41. The van der Waals surface area contributed by atoms with E-state index in [1.807, 2.05) is 6.07 Å². The van der Waals surface area contributed by atoms with E-state index in [0.717, 1.165) is 50.6 Å². The largest absolute Gasteiger partial charge is 0.399 e. The van der Waals surface area contributed by atoms with Crippen molar-refractivity contribution in [2.24, 2.45) is 5.41 Å². The molecule has 3 rings (SSSR count). The number of halogens is 1. The van der Waals surface area contributed by atoms with Crippen molar-refractivity contribution in [1.82, 2.24) is 5.32 Å². The summed E-state index contributed by atoms with van der Waals surface area (Å²) >= 11 is 0. The van der Waals surface area contributed by atoms with Gasteiger partial charge in [-0.05, 0) is 61.8 Å². The Hall–Kier alpha value is -1.22. The molecule has 1 saturated carbocycles. The summed E-state index contributed by atoms with van der Waals surface area (Å²) in [5.74, 6) is 0.272. The number of amides is 1. The molecule has 2 aliphatic carbocycles. The topological polar surface area (TPSA) is 55.1 Å². The van der Waals surface area contributed by atoms with Crippen LogP contribution in [0, 0.1) is 5.41 Å². The van der Waals surface area contributed by atoms with Gasteiger partial charge < -0.3 is 11.1 Å². The highest BCUT2D eigenvalue weighted by molar-refractivity contribution is 5.86. The van der Waals surface area contributed by atoms with Gasteiger partial charge in [0.1, 0.15) is 0 Å². The Morgan fingerprint density at radius 2 is 2.19 bits per heavy atom. The van der Waals surface area contributed by atoms with Crippen molar-refractivity contribution in [1.29, 1.82) is 0 Å². The second-order valence-corrected chi connectivity index (χ2v) is 6.41. The average Bonchev–Trinajstić information content (AvgIpc) is 3.20. The van der Waals surface area contributed by atoms with E-state index in [4.69, 9.17) is 5.73 Å². The molecule has 0 saturated heterocycles. The van der Waals surface area contributed by atoms with Crippen molar-refractivity contribution in [2.75, 3.05) is 5.73 Å². The molecule has 0 radical (unpaired) electrons. The Bertz CT molecular complexity index is 526. The van der Waals surface area contributed by atoms with Crippen LogP contribution < -0.4 is 11.1 Å². The summed E-state index contributed by atoms with van der Waals surface area (Å²) in [5, 5.41) is 3.30. The van der Waals surface area contributed by atoms with Crippen LogP contribution in [0.2, 0.25) is 0 Å². The van der Waals surface area contributed by atoms with Crippen molar-refractivity contribution in [3.05, 3.63) is 29.3 Å². The van der Waals surface area contributed by atoms with Gasteiger partial charge in [0.15, 0.2) is 0 Å². The molecule has 2 aliphatic rings. The number of carbonyl (C=O) groups is 1. The van der Waals surface area contributed by atoms with Gasteiger partial charge >= 0.3 is 0 Å². The molecule has 0 heterocycles. The number of hydrogen-bond acceptors (Lipinski definition) is 2. The Kier molecular flexibility index (Phi) is 4.82. The summed E-state index contributed by atoms with van der Waals surface area (Å²) in [6, 6.07) is 6.28. The molecule has 0 aliphatic heterocycles. The van der Waals surface area contributed by atoms with Crippen molar-refractivity contribution >= 4 is 24.0 Å². The zero-order valence-corrected chi connectivity index (χ0v) is 13.5. The summed E-state index contributed by atoms with van der Waals surface area (Å²) in [7, 11) is 0. The van der Waals surface area contributed by atoms with E-state index in [0.29, 0.717) is 0 Å². The lowest BCUT2D eigenvalue weighted by atomic mass is 9.86. The maximum atomic E-state index is 12.5. The van der Waals surface area contributed by atoms with Crippen molar-refractivity contribution in [3.63, 3.8) is 0 Å². The summed E-state index contributed by atoms with van der Waals surface area (Å²) in [6.45, 7) is 2.16. The van der Waals surface area contributed by atoms with Gasteiger partial charge in [-0.2, -0.15) is 0 Å². The lowest BCUT2D eigenvalue weighted by Gasteiger charge is -2.28. The molecule has 21 heavy (non-hydrogen) atoms. The number of rotatable bonds is 4. The zero-order valence-electron chi connectivity index (χ0n) is 12.7. The Labute approximate surface area is 133 Å². The fourth-order valence-electron chi connectivity index (χ4n) is 3.52. The van der Waals surface area contributed by atoms with Gasteiger partial charge in [0.05, 0.1) is 6.04 Å². The van der Waals surface area contributed by atoms with Gasteiger partial charge in [0, 0.05) is 11.1 Å². The minimum absolute atomic E-state index is 0. The van der Waals surface area contributed by atoms with Crippen LogP contribution in [-0.4, -0.2) is 5.91 Å². The molecule has 1 fully saturated rings. The summed E-state index contributed by atoms with van der Waals surface area (Å²) in [5.41, 5.74) is 9.22. The molecule has 0 aromatic heterocycles. The van der Waals surface area contributed by atoms with E-state index >= 15 is 0 Å². The SMILES string of the molecule is CCCC1(C(=O)NC2CCCc3cc(N)ccc32)CC1.Cl. The molecule has 0 bridgehead atoms. The third-order valence-corrected chi connectivity index (χ3v) is 4.85. The highest BCUT2D eigenvalue weighted by atomic mass is 35.5. The lowest BCUT2D eigenvalue weighted by Crippen LogP contribution is -2.36. The average molecular weight is 309 g/mol. The minimum atomic E-state index is -0.0415. The fourth-order valence-corrected chi connectivity index (χ4v) is 3.52. The third-order valence-electron chi connectivity index (χ3n) is 4.85. The van der Waals surface area contributed by atoms with E-state index < -0.39 is 0 Å². The summed E-state index contributed by atoms with van der Waals surface area (Å²) in [6.07, 6.45) is 7.49. The Balaban J connectivity index is 0.00000161. The maximum Gasteiger partial charge on any atom is 0.226 e. The van der Waals surface area contributed by atoms with E-state index in [9.17, 15) is 4.79 Å². The molecule has 1 aromatic carbocycles. The molecule has 116 valence electrons. The molecule has 1 amide bonds. The second kappa shape index (κ2) is 6.27. The van der Waals surface area contributed by atoms with Crippen molar-refractivity contribution in [2.45, 2.75) is 57.9 Å². The molecule has 1 atom stereocenters. The molecule has 0 spiro atoms. The normalized spacial score (nSPS) is 21.9. The van der Waals surface area contributed by atoms with Crippen LogP contribution in [0.5, 0.6) is 0 Å². The van der Waals surface area contributed by atoms with Crippen LogP contribution in [0.1, 0.15) is 62.6 Å². The highest BCUT2D eigenvalue weighted by Gasteiger charge is 2.49. The molecular formula is C17H25ClN2O. The van der Waals surface area contributed by atoms with E-state index in [-0.39, 0.29) is 29.8 Å². The standard InChI is InChI=1S/C17H24N2O.ClH/c1-2-8-17(9-10-17)16(20)19-15-5-3-4-12-11-13(18)6-7-14(12)15;/h6-7,11,15H,2-5,8-10,18H2,1H3,(H,19,20);1H. The van der Waals surface area contributed by atoms with Crippen LogP contribution in [0.4, 0.5) is 5.69 Å². The first kappa shape index (κ1) is 16.2. The number of hydrogen-bond donors (Lipinski definition) is 2. The van der Waals surface area contributed by atoms with Gasteiger partial charge in [-0.15, -0.1) is 12.4 Å². The number of benzene rings is 1. The van der Waals surface area contributed by atoms with Crippen LogP contribution in [0.3, 0.4) is 0 Å². The number of nitrogens with two attached hydrogens (primary N) is 1. The van der Waals surface area contributed by atoms with Crippen LogP contribution in [0.15, 0.2) is 18.2 Å². The number of carbonyl (C=O) groups excluding carboxylic acids is 1. The third kappa shape index (κ3) is 3.18. The number of nitrogen functional groups attached to an aromatic ring is 1. The number of fused-ring (bicyclic) bond motifs is 1. The Morgan fingerprint density at radius 3 is 2.86 bits per heavy atom. The highest BCUT2D eigenvalue weighted by Crippen LogP contribution is 2.50. The van der Waals surface area contributed by atoms with Gasteiger partial charge in [0.25, 0.3) is 0 Å². The zero-order chi connectivity index (χ0) is 14.2. The molecule has 1 aromatic rings. The predicted octanol–water partition coefficient (Wildman–Crippen LogP) is 3.76. The molecule has 4 heteroatoms. The summed E-state index contributed by atoms with van der Waals surface area (Å²) < 4.78 is 0. The van der Waals surface area contributed by atoms with E-state index in [2.05, 4.69) is 24.4 Å². The van der Waals surface area contributed by atoms with E-state index in [1.54, 1.807) is 0 Å². The smallest absolute Gasteiger partial charge is 0.226 e. The van der Waals surface area contributed by atoms with Gasteiger partial charge in [-0.25, -0.2) is 0 Å². The van der Waals surface area contributed by atoms with Crippen LogP contribution >= 0.6 is 12.4 Å². The first-order valence-electron chi connectivity index (χ1n) is 7.84. The molecule has 3 N–H and O–H groups in total. The predicted molar refractivity (Wildman–Crippen MR) is 88.5 cm³/mol. The Morgan fingerprint density at radius 1 is 1.43 bits per heavy atom. The monoisotopic (exact) mass is 308 g/mol. The fraction of sp³-hybridized carbons (Fsp3) is 0.588. The first-order chi connectivity index (χ1) is 9.64. The van der Waals surface area contributed by atoms with Crippen molar-refractivity contribution in [3.8, 4) is 0 Å². The quantitative estimate of drug-likeness (QED) is 0.832. The molecule has 1 unspecified atom stereocenters. The minimum Gasteiger partial charge on any atom is -0.399 e. The summed E-state index contributed by atoms with van der Waals surface area (Å²) in [4.78, 5) is 12.5. The van der Waals surface area contributed by atoms with Gasteiger partial charge in [-0.1, -0.05) is 19.4 Å². The van der Waals surface area contributed by atoms with E-state index in [1.165, 1.54) is 11.1 Å². The van der Waals surface area contributed by atoms with Crippen molar-refractivity contribution < 1.29 is 4.79 Å². The first-order valence-corrected chi connectivity index (χ1v) is 7.84. The van der Waals surface area contributed by atoms with Crippen LogP contribution in [-0.2, 0) is 11.2 Å². The number of aryl methyl sites for hydroxylation is 1. The molecule has 3 nitrogen and oxygen atoms in total. The number of nitrogens with one attached hydrogen (secondary N) is 1.